The predicted molar refractivity (Wildman–Crippen MR) is 70.9 cm³/mol. The van der Waals surface area contributed by atoms with Crippen molar-refractivity contribution in [2.45, 2.75) is 39.7 Å². The number of hydrogen-bond acceptors (Lipinski definition) is 1. The first kappa shape index (κ1) is 13.3. The van der Waals surface area contributed by atoms with Gasteiger partial charge in [0.15, 0.2) is 0 Å². The Labute approximate surface area is 103 Å². The molecule has 1 rings (SSSR count). The minimum Gasteiger partial charge on any atom is -0.338 e. The number of terminal acetylenes is 1. The van der Waals surface area contributed by atoms with E-state index in [1.807, 2.05) is 32.0 Å². The summed E-state index contributed by atoms with van der Waals surface area (Å²) in [5.74, 6) is 2.52. The fourth-order valence-corrected chi connectivity index (χ4v) is 1.72. The minimum atomic E-state index is -0.174. The molecule has 0 spiro atoms. The summed E-state index contributed by atoms with van der Waals surface area (Å²) in [4.78, 5) is 12.1. The highest BCUT2D eigenvalue weighted by Crippen LogP contribution is 2.12. The van der Waals surface area contributed by atoms with Gasteiger partial charge in [0.25, 0.3) is 5.91 Å². The van der Waals surface area contributed by atoms with Crippen molar-refractivity contribution in [2.24, 2.45) is 0 Å². The molecule has 0 aliphatic heterocycles. The predicted octanol–water partition coefficient (Wildman–Crippen LogP) is 2.84. The van der Waals surface area contributed by atoms with E-state index < -0.39 is 0 Å². The van der Waals surface area contributed by atoms with E-state index >= 15 is 0 Å². The highest BCUT2D eigenvalue weighted by molar-refractivity contribution is 5.96. The van der Waals surface area contributed by atoms with Gasteiger partial charge < -0.3 is 5.32 Å². The largest absolute Gasteiger partial charge is 0.338 e. The van der Waals surface area contributed by atoms with Crippen LogP contribution < -0.4 is 5.32 Å². The van der Waals surface area contributed by atoms with Gasteiger partial charge in [-0.3, -0.25) is 4.79 Å². The first-order valence-electron chi connectivity index (χ1n) is 5.93. The lowest BCUT2D eigenvalue weighted by molar-refractivity contribution is 0.0943. The summed E-state index contributed by atoms with van der Waals surface area (Å²) in [5, 5.41) is 2.88. The third-order valence-electron chi connectivity index (χ3n) is 2.93. The maximum Gasteiger partial charge on any atom is 0.252 e. The molecule has 0 bridgehead atoms. The highest BCUT2D eigenvalue weighted by atomic mass is 16.1. The van der Waals surface area contributed by atoms with Crippen LogP contribution in [0, 0.1) is 26.2 Å². The summed E-state index contributed by atoms with van der Waals surface area (Å²) in [5.41, 5.74) is 2.84. The molecule has 2 nitrogen and oxygen atoms in total. The molecular formula is C15H19NO. The molecule has 1 unspecified atom stereocenters. The first-order valence-corrected chi connectivity index (χ1v) is 5.93. The van der Waals surface area contributed by atoms with Gasteiger partial charge in [-0.05, 0) is 37.5 Å². The second-order valence-corrected chi connectivity index (χ2v) is 4.23. The van der Waals surface area contributed by atoms with E-state index in [0.29, 0.717) is 5.56 Å². The van der Waals surface area contributed by atoms with Gasteiger partial charge in [-0.25, -0.2) is 0 Å². The molecule has 17 heavy (non-hydrogen) atoms. The second kappa shape index (κ2) is 6.10. The summed E-state index contributed by atoms with van der Waals surface area (Å²) in [6.07, 6.45) is 7.16. The van der Waals surface area contributed by atoms with E-state index in [9.17, 15) is 4.79 Å². The van der Waals surface area contributed by atoms with Crippen molar-refractivity contribution in [1.82, 2.24) is 5.32 Å². The Balaban J connectivity index is 2.83. The van der Waals surface area contributed by atoms with Crippen LogP contribution >= 0.6 is 0 Å². The Morgan fingerprint density at radius 2 is 2.18 bits per heavy atom. The maximum atomic E-state index is 12.1. The maximum absolute atomic E-state index is 12.1. The molecule has 0 aliphatic rings. The third kappa shape index (κ3) is 3.35. The van der Waals surface area contributed by atoms with Crippen molar-refractivity contribution in [1.29, 1.82) is 0 Å². The fourth-order valence-electron chi connectivity index (χ4n) is 1.72. The molecule has 1 atom stereocenters. The van der Waals surface area contributed by atoms with E-state index in [0.717, 1.165) is 24.0 Å². The zero-order valence-electron chi connectivity index (χ0n) is 10.7. The van der Waals surface area contributed by atoms with E-state index in [2.05, 4.69) is 18.2 Å². The number of rotatable bonds is 4. The molecule has 0 saturated carbocycles. The third-order valence-corrected chi connectivity index (χ3v) is 2.93. The topological polar surface area (TPSA) is 29.1 Å². The molecule has 1 aromatic carbocycles. The molecule has 0 fully saturated rings. The molecule has 0 aromatic heterocycles. The van der Waals surface area contributed by atoms with Crippen LogP contribution in [0.3, 0.4) is 0 Å². The standard InChI is InChI=1S/C15H19NO/c1-5-8-13(6-2)16-15(17)14-10-7-9-11(3)12(14)4/h2,7,9-10,13H,5,8H2,1,3-4H3,(H,16,17). The number of amides is 1. The van der Waals surface area contributed by atoms with Crippen molar-refractivity contribution in [3.8, 4) is 12.3 Å². The summed E-state index contributed by atoms with van der Waals surface area (Å²) >= 11 is 0. The number of carbonyl (C=O) groups is 1. The van der Waals surface area contributed by atoms with Crippen LogP contribution in [0.1, 0.15) is 41.3 Å². The smallest absolute Gasteiger partial charge is 0.252 e. The molecule has 0 aliphatic carbocycles. The van der Waals surface area contributed by atoms with Crippen molar-refractivity contribution in [3.63, 3.8) is 0 Å². The van der Waals surface area contributed by atoms with Crippen molar-refractivity contribution < 1.29 is 4.79 Å². The van der Waals surface area contributed by atoms with Gasteiger partial charge in [-0.15, -0.1) is 6.42 Å². The second-order valence-electron chi connectivity index (χ2n) is 4.23. The van der Waals surface area contributed by atoms with Gasteiger partial charge >= 0.3 is 0 Å². The molecule has 2 heteroatoms. The van der Waals surface area contributed by atoms with Crippen LogP contribution in [-0.4, -0.2) is 11.9 Å². The van der Waals surface area contributed by atoms with Gasteiger partial charge in [0, 0.05) is 5.56 Å². The molecule has 90 valence electrons. The van der Waals surface area contributed by atoms with Gasteiger partial charge in [0.1, 0.15) is 0 Å². The number of hydrogen-bond donors (Lipinski definition) is 1. The van der Waals surface area contributed by atoms with Gasteiger partial charge in [-0.1, -0.05) is 31.4 Å². The van der Waals surface area contributed by atoms with Crippen LogP contribution in [0.2, 0.25) is 0 Å². The van der Waals surface area contributed by atoms with Crippen LogP contribution in [0.15, 0.2) is 18.2 Å². The van der Waals surface area contributed by atoms with Gasteiger partial charge in [0.2, 0.25) is 0 Å². The van der Waals surface area contributed by atoms with E-state index in [4.69, 9.17) is 6.42 Å². The summed E-state index contributed by atoms with van der Waals surface area (Å²) in [6.45, 7) is 6.00. The quantitative estimate of drug-likeness (QED) is 0.790. The van der Waals surface area contributed by atoms with Gasteiger partial charge in [0.05, 0.1) is 6.04 Å². The molecule has 1 aromatic rings. The molecule has 0 radical (unpaired) electrons. The Morgan fingerprint density at radius 3 is 2.76 bits per heavy atom. The normalized spacial score (nSPS) is 11.6. The SMILES string of the molecule is C#CC(CCC)NC(=O)c1cccc(C)c1C. The van der Waals surface area contributed by atoms with Crippen molar-refractivity contribution >= 4 is 5.91 Å². The molecule has 0 saturated heterocycles. The zero-order valence-corrected chi connectivity index (χ0v) is 10.7. The van der Waals surface area contributed by atoms with Gasteiger partial charge in [-0.2, -0.15) is 0 Å². The zero-order chi connectivity index (χ0) is 12.8. The van der Waals surface area contributed by atoms with Crippen LogP contribution in [0.25, 0.3) is 0 Å². The lowest BCUT2D eigenvalue weighted by Crippen LogP contribution is -2.34. The van der Waals surface area contributed by atoms with Crippen molar-refractivity contribution in [2.75, 3.05) is 0 Å². The Hall–Kier alpha value is -1.75. The highest BCUT2D eigenvalue weighted by Gasteiger charge is 2.13. The Kier molecular flexibility index (Phi) is 4.78. The van der Waals surface area contributed by atoms with E-state index in [1.165, 1.54) is 0 Å². The summed E-state index contributed by atoms with van der Waals surface area (Å²) in [6, 6.07) is 5.54. The van der Waals surface area contributed by atoms with Crippen LogP contribution in [0.5, 0.6) is 0 Å². The van der Waals surface area contributed by atoms with E-state index in [-0.39, 0.29) is 11.9 Å². The lowest BCUT2D eigenvalue weighted by Gasteiger charge is -2.14. The fraction of sp³-hybridized carbons (Fsp3) is 0.400. The first-order chi connectivity index (χ1) is 8.10. The summed E-state index contributed by atoms with van der Waals surface area (Å²) in [7, 11) is 0. The summed E-state index contributed by atoms with van der Waals surface area (Å²) < 4.78 is 0. The lowest BCUT2D eigenvalue weighted by atomic mass is 10.0. The molecule has 1 amide bonds. The Bertz CT molecular complexity index is 443. The number of benzene rings is 1. The molecule has 1 N–H and O–H groups in total. The number of nitrogens with one attached hydrogen (secondary N) is 1. The minimum absolute atomic E-state index is 0.0809. The number of carbonyl (C=O) groups excluding carboxylic acids is 1. The van der Waals surface area contributed by atoms with Crippen molar-refractivity contribution in [3.05, 3.63) is 34.9 Å². The average molecular weight is 229 g/mol. The van der Waals surface area contributed by atoms with Crippen LogP contribution in [-0.2, 0) is 0 Å². The number of aryl methyl sites for hydroxylation is 1. The average Bonchev–Trinajstić information content (AvgIpc) is 2.31. The van der Waals surface area contributed by atoms with Crippen LogP contribution in [0.4, 0.5) is 0 Å². The monoisotopic (exact) mass is 229 g/mol. The Morgan fingerprint density at radius 1 is 1.47 bits per heavy atom. The van der Waals surface area contributed by atoms with E-state index in [1.54, 1.807) is 0 Å². The molecular weight excluding hydrogens is 210 g/mol. The molecule has 0 heterocycles.